The summed E-state index contributed by atoms with van der Waals surface area (Å²) in [5.74, 6) is -0.851. The zero-order chi connectivity index (χ0) is 20.1. The lowest BCUT2D eigenvalue weighted by atomic mass is 10.1. The van der Waals surface area contributed by atoms with Gasteiger partial charge in [-0.15, -0.1) is 0 Å². The number of hydrogen-bond donors (Lipinski definition) is 1. The summed E-state index contributed by atoms with van der Waals surface area (Å²) in [6.07, 6.45) is 5.60. The van der Waals surface area contributed by atoms with Crippen molar-refractivity contribution in [3.05, 3.63) is 24.3 Å². The molecular formula is C20H28N2O5S. The molecule has 1 saturated heterocycles. The van der Waals surface area contributed by atoms with Crippen LogP contribution in [0.5, 0.6) is 0 Å². The fourth-order valence-electron chi connectivity index (χ4n) is 3.69. The van der Waals surface area contributed by atoms with Crippen LogP contribution in [0.3, 0.4) is 0 Å². The van der Waals surface area contributed by atoms with E-state index in [1.807, 2.05) is 0 Å². The van der Waals surface area contributed by atoms with Crippen molar-refractivity contribution in [2.45, 2.75) is 62.9 Å². The van der Waals surface area contributed by atoms with Crippen LogP contribution >= 0.6 is 0 Å². The van der Waals surface area contributed by atoms with Crippen LogP contribution in [-0.2, 0) is 24.3 Å². The van der Waals surface area contributed by atoms with Crippen molar-refractivity contribution in [3.63, 3.8) is 0 Å². The second kappa shape index (κ2) is 9.05. The molecule has 1 amide bonds. The molecule has 1 aromatic carbocycles. The summed E-state index contributed by atoms with van der Waals surface area (Å²) < 4.78 is 32.1. The van der Waals surface area contributed by atoms with Gasteiger partial charge in [0, 0.05) is 18.8 Å². The molecule has 2 fully saturated rings. The molecule has 154 valence electrons. The minimum Gasteiger partial charge on any atom is -0.452 e. The highest BCUT2D eigenvalue weighted by Crippen LogP contribution is 2.26. The number of carbonyl (C=O) groups is 2. The number of amides is 1. The Balaban J connectivity index is 1.57. The highest BCUT2D eigenvalue weighted by atomic mass is 32.2. The molecule has 1 aliphatic heterocycles. The molecule has 1 atom stereocenters. The fourth-order valence-corrected chi connectivity index (χ4v) is 5.21. The van der Waals surface area contributed by atoms with E-state index in [4.69, 9.17) is 4.74 Å². The summed E-state index contributed by atoms with van der Waals surface area (Å²) in [5, 5.41) is 2.67. The normalized spacial score (nSPS) is 19.9. The van der Waals surface area contributed by atoms with Crippen LogP contribution in [0.4, 0.5) is 5.69 Å². The second-order valence-corrected chi connectivity index (χ2v) is 9.48. The molecule has 0 bridgehead atoms. The largest absolute Gasteiger partial charge is 0.452 e. The number of rotatable bonds is 6. The van der Waals surface area contributed by atoms with Gasteiger partial charge in [0.15, 0.2) is 6.10 Å². The molecule has 7 nitrogen and oxygen atoms in total. The number of anilines is 1. The smallest absolute Gasteiger partial charge is 0.309 e. The van der Waals surface area contributed by atoms with Crippen LogP contribution in [-0.4, -0.2) is 43.8 Å². The predicted octanol–water partition coefficient (Wildman–Crippen LogP) is 2.92. The van der Waals surface area contributed by atoms with E-state index in [0.29, 0.717) is 18.8 Å². The Morgan fingerprint density at radius 2 is 1.64 bits per heavy atom. The second-order valence-electron chi connectivity index (χ2n) is 7.54. The monoisotopic (exact) mass is 408 g/mol. The summed E-state index contributed by atoms with van der Waals surface area (Å²) in [6.45, 7) is 2.63. The first-order valence-corrected chi connectivity index (χ1v) is 11.4. The Morgan fingerprint density at radius 1 is 1.04 bits per heavy atom. The zero-order valence-electron chi connectivity index (χ0n) is 16.2. The molecule has 3 rings (SSSR count). The van der Waals surface area contributed by atoms with Gasteiger partial charge < -0.3 is 10.1 Å². The SMILES string of the molecule is C[C@@H](OC(=O)C1CCCC1)C(=O)Nc1ccc(S(=O)(=O)N2CCCCC2)cc1. The number of nitrogens with one attached hydrogen (secondary N) is 1. The Hall–Kier alpha value is -1.93. The van der Waals surface area contributed by atoms with E-state index in [9.17, 15) is 18.0 Å². The minimum atomic E-state index is -3.50. The van der Waals surface area contributed by atoms with Crippen molar-refractivity contribution in [1.29, 1.82) is 0 Å². The first-order valence-electron chi connectivity index (χ1n) is 9.99. The maximum absolute atomic E-state index is 12.7. The summed E-state index contributed by atoms with van der Waals surface area (Å²) >= 11 is 0. The van der Waals surface area contributed by atoms with E-state index in [-0.39, 0.29) is 16.8 Å². The zero-order valence-corrected chi connectivity index (χ0v) is 17.0. The molecule has 1 saturated carbocycles. The van der Waals surface area contributed by atoms with Crippen molar-refractivity contribution < 1.29 is 22.7 Å². The number of nitrogens with zero attached hydrogens (tertiary/aromatic N) is 1. The van der Waals surface area contributed by atoms with Crippen molar-refractivity contribution >= 4 is 27.6 Å². The minimum absolute atomic E-state index is 0.102. The van der Waals surface area contributed by atoms with Gasteiger partial charge in [0.25, 0.3) is 5.91 Å². The molecule has 1 heterocycles. The van der Waals surface area contributed by atoms with Gasteiger partial charge in [-0.25, -0.2) is 8.42 Å². The molecule has 2 aliphatic rings. The molecule has 1 N–H and O–H groups in total. The Morgan fingerprint density at radius 3 is 2.25 bits per heavy atom. The third kappa shape index (κ3) is 4.91. The number of carbonyl (C=O) groups excluding carboxylic acids is 2. The maximum atomic E-state index is 12.7. The van der Waals surface area contributed by atoms with Gasteiger partial charge in [0.1, 0.15) is 0 Å². The molecule has 0 radical (unpaired) electrons. The van der Waals surface area contributed by atoms with Gasteiger partial charge in [-0.2, -0.15) is 4.31 Å². The van der Waals surface area contributed by atoms with Gasteiger partial charge in [0.2, 0.25) is 10.0 Å². The van der Waals surface area contributed by atoms with Gasteiger partial charge in [-0.1, -0.05) is 19.3 Å². The van der Waals surface area contributed by atoms with Crippen LogP contribution in [0.1, 0.15) is 51.9 Å². The average Bonchev–Trinajstić information content (AvgIpc) is 3.24. The van der Waals surface area contributed by atoms with Crippen molar-refractivity contribution in [3.8, 4) is 0 Å². The Bertz CT molecular complexity index is 794. The lowest BCUT2D eigenvalue weighted by Gasteiger charge is -2.25. The lowest BCUT2D eigenvalue weighted by molar-refractivity contribution is -0.157. The standard InChI is InChI=1S/C20H28N2O5S/c1-15(27-20(24)16-7-3-4-8-16)19(23)21-17-9-11-18(12-10-17)28(25,26)22-13-5-2-6-14-22/h9-12,15-16H,2-8,13-14H2,1H3,(H,21,23)/t15-/m1/s1. The first-order chi connectivity index (χ1) is 13.4. The maximum Gasteiger partial charge on any atom is 0.309 e. The van der Waals surface area contributed by atoms with E-state index in [1.165, 1.54) is 23.4 Å². The van der Waals surface area contributed by atoms with E-state index in [0.717, 1.165) is 44.9 Å². The van der Waals surface area contributed by atoms with Gasteiger partial charge in [-0.05, 0) is 56.9 Å². The van der Waals surface area contributed by atoms with Crippen molar-refractivity contribution in [1.82, 2.24) is 4.31 Å². The molecular weight excluding hydrogens is 380 g/mol. The fraction of sp³-hybridized carbons (Fsp3) is 0.600. The summed E-state index contributed by atoms with van der Waals surface area (Å²) in [5.41, 5.74) is 0.464. The van der Waals surface area contributed by atoms with Crippen LogP contribution in [0.15, 0.2) is 29.2 Å². The van der Waals surface area contributed by atoms with Gasteiger partial charge >= 0.3 is 5.97 Å². The molecule has 0 aromatic heterocycles. The van der Waals surface area contributed by atoms with Crippen LogP contribution < -0.4 is 5.32 Å². The molecule has 0 unspecified atom stereocenters. The van der Waals surface area contributed by atoms with Gasteiger partial charge in [0.05, 0.1) is 10.8 Å². The van der Waals surface area contributed by atoms with Crippen molar-refractivity contribution in [2.24, 2.45) is 5.92 Å². The van der Waals surface area contributed by atoms with E-state index in [2.05, 4.69) is 5.32 Å². The molecule has 8 heteroatoms. The van der Waals surface area contributed by atoms with Crippen LogP contribution in [0, 0.1) is 5.92 Å². The van der Waals surface area contributed by atoms with Crippen LogP contribution in [0.2, 0.25) is 0 Å². The van der Waals surface area contributed by atoms with Crippen LogP contribution in [0.25, 0.3) is 0 Å². The topological polar surface area (TPSA) is 92.8 Å². The van der Waals surface area contributed by atoms with Gasteiger partial charge in [-0.3, -0.25) is 9.59 Å². The number of ether oxygens (including phenoxy) is 1. The summed E-state index contributed by atoms with van der Waals surface area (Å²) in [6, 6.07) is 6.10. The number of sulfonamides is 1. The van der Waals surface area contributed by atoms with E-state index >= 15 is 0 Å². The summed E-state index contributed by atoms with van der Waals surface area (Å²) in [4.78, 5) is 24.5. The lowest BCUT2D eigenvalue weighted by Crippen LogP contribution is -2.35. The molecule has 0 spiro atoms. The third-order valence-electron chi connectivity index (χ3n) is 5.43. The molecule has 28 heavy (non-hydrogen) atoms. The third-order valence-corrected chi connectivity index (χ3v) is 7.34. The highest BCUT2D eigenvalue weighted by Gasteiger charge is 2.28. The summed E-state index contributed by atoms with van der Waals surface area (Å²) in [7, 11) is -3.50. The van der Waals surface area contributed by atoms with Crippen molar-refractivity contribution in [2.75, 3.05) is 18.4 Å². The molecule has 1 aromatic rings. The average molecular weight is 409 g/mol. The number of hydrogen-bond acceptors (Lipinski definition) is 5. The first kappa shape index (κ1) is 20.8. The van der Waals surface area contributed by atoms with E-state index in [1.54, 1.807) is 12.1 Å². The quantitative estimate of drug-likeness (QED) is 0.731. The number of piperidine rings is 1. The predicted molar refractivity (Wildman–Crippen MR) is 105 cm³/mol. The van der Waals surface area contributed by atoms with E-state index < -0.39 is 22.0 Å². The number of esters is 1. The number of benzene rings is 1. The Kier molecular flexibility index (Phi) is 6.72. The highest BCUT2D eigenvalue weighted by molar-refractivity contribution is 7.89. The Labute approximate surface area is 166 Å². The molecule has 1 aliphatic carbocycles.